The summed E-state index contributed by atoms with van der Waals surface area (Å²) in [6.45, 7) is 2.33. The molecule has 1 fully saturated rings. The highest BCUT2D eigenvalue weighted by Gasteiger charge is 2.30. The van der Waals surface area contributed by atoms with Crippen LogP contribution in [0.2, 0.25) is 0 Å². The Bertz CT molecular complexity index is 721. The number of methoxy groups -OCH3 is 1. The molecule has 3 heterocycles. The second kappa shape index (κ2) is 7.99. The van der Waals surface area contributed by atoms with Crippen molar-refractivity contribution >= 4 is 11.7 Å². The number of hydrogen-bond donors (Lipinski definition) is 1. The zero-order valence-electron chi connectivity index (χ0n) is 14.3. The van der Waals surface area contributed by atoms with E-state index < -0.39 is 0 Å². The molecule has 0 radical (unpaired) electrons. The molecule has 25 heavy (non-hydrogen) atoms. The summed E-state index contributed by atoms with van der Waals surface area (Å²) in [4.78, 5) is 18.8. The van der Waals surface area contributed by atoms with Crippen LogP contribution in [0.25, 0.3) is 0 Å². The molecule has 0 spiro atoms. The molecular formula is C15H21N7O3. The first-order valence-corrected chi connectivity index (χ1v) is 8.03. The minimum absolute atomic E-state index is 0.0957. The van der Waals surface area contributed by atoms with E-state index in [0.29, 0.717) is 50.1 Å². The molecule has 1 amide bonds. The summed E-state index contributed by atoms with van der Waals surface area (Å²) in [6.07, 6.45) is 1.27. The summed E-state index contributed by atoms with van der Waals surface area (Å²) in [6, 6.07) is 3.51. The number of rotatable bonds is 6. The number of ether oxygens (including phenoxy) is 2. The Morgan fingerprint density at radius 2 is 2.40 bits per heavy atom. The molecule has 10 heteroatoms. The lowest BCUT2D eigenvalue weighted by atomic mass is 10.2. The third-order valence-corrected chi connectivity index (χ3v) is 3.98. The van der Waals surface area contributed by atoms with Crippen LogP contribution in [-0.4, -0.2) is 76.5 Å². The Morgan fingerprint density at radius 1 is 1.52 bits per heavy atom. The predicted molar refractivity (Wildman–Crippen MR) is 88.1 cm³/mol. The number of pyridine rings is 1. The highest BCUT2D eigenvalue weighted by Crippen LogP contribution is 2.22. The molecule has 0 aromatic carbocycles. The minimum atomic E-state index is -0.376. The molecule has 0 saturated carbocycles. The summed E-state index contributed by atoms with van der Waals surface area (Å²) in [7, 11) is 3.36. The summed E-state index contributed by atoms with van der Waals surface area (Å²) < 4.78 is 12.5. The Hall–Kier alpha value is -2.59. The first-order chi connectivity index (χ1) is 12.2. The quantitative estimate of drug-likeness (QED) is 0.776. The van der Waals surface area contributed by atoms with Crippen molar-refractivity contribution in [2.24, 2.45) is 0 Å². The van der Waals surface area contributed by atoms with E-state index >= 15 is 0 Å². The first-order valence-electron chi connectivity index (χ1n) is 8.03. The van der Waals surface area contributed by atoms with E-state index in [1.54, 1.807) is 42.1 Å². The van der Waals surface area contributed by atoms with E-state index in [0.717, 1.165) is 0 Å². The van der Waals surface area contributed by atoms with Gasteiger partial charge in [-0.05, 0) is 22.6 Å². The number of nitrogens with zero attached hydrogens (tertiary/aromatic N) is 6. The third-order valence-electron chi connectivity index (χ3n) is 3.98. The lowest BCUT2D eigenvalue weighted by Crippen LogP contribution is -2.43. The number of nitrogens with one attached hydrogen (secondary N) is 1. The Morgan fingerprint density at radius 3 is 3.20 bits per heavy atom. The highest BCUT2D eigenvalue weighted by atomic mass is 16.5. The Kier molecular flexibility index (Phi) is 5.51. The number of morpholine rings is 1. The monoisotopic (exact) mass is 347 g/mol. The van der Waals surface area contributed by atoms with Gasteiger partial charge in [0.15, 0.2) is 5.82 Å². The predicted octanol–water partition coefficient (Wildman–Crippen LogP) is -0.0301. The average Bonchev–Trinajstić information content (AvgIpc) is 3.14. The zero-order chi connectivity index (χ0) is 17.6. The topological polar surface area (TPSA) is 107 Å². The molecule has 3 rings (SSSR count). The lowest BCUT2D eigenvalue weighted by Gasteiger charge is -2.32. The largest absolute Gasteiger partial charge is 0.383 e. The van der Waals surface area contributed by atoms with Crippen molar-refractivity contribution < 1.29 is 14.3 Å². The van der Waals surface area contributed by atoms with Gasteiger partial charge in [-0.2, -0.15) is 0 Å². The normalized spacial score (nSPS) is 17.5. The van der Waals surface area contributed by atoms with Crippen molar-refractivity contribution in [3.8, 4) is 0 Å². The number of aromatic nitrogens is 5. The van der Waals surface area contributed by atoms with Crippen LogP contribution in [0.1, 0.15) is 22.3 Å². The van der Waals surface area contributed by atoms with Gasteiger partial charge in [-0.25, -0.2) is 9.67 Å². The smallest absolute Gasteiger partial charge is 0.257 e. The van der Waals surface area contributed by atoms with Gasteiger partial charge in [-0.1, -0.05) is 0 Å². The van der Waals surface area contributed by atoms with Crippen molar-refractivity contribution in [3.63, 3.8) is 0 Å². The third kappa shape index (κ3) is 3.74. The van der Waals surface area contributed by atoms with Crippen LogP contribution in [-0.2, 0) is 16.0 Å². The van der Waals surface area contributed by atoms with Gasteiger partial charge in [0.2, 0.25) is 0 Å². The van der Waals surface area contributed by atoms with E-state index in [9.17, 15) is 4.79 Å². The number of anilines is 1. The van der Waals surface area contributed by atoms with Gasteiger partial charge in [-0.15, -0.1) is 5.10 Å². The van der Waals surface area contributed by atoms with E-state index in [2.05, 4.69) is 25.8 Å². The van der Waals surface area contributed by atoms with Gasteiger partial charge >= 0.3 is 0 Å². The van der Waals surface area contributed by atoms with Gasteiger partial charge < -0.3 is 19.7 Å². The fourth-order valence-electron chi connectivity index (χ4n) is 2.72. The van der Waals surface area contributed by atoms with Crippen LogP contribution < -0.4 is 5.32 Å². The SMILES string of the molecule is CNc1ncccc1C(=O)N1CCOC(c2nnnn2CCOC)C1. The fraction of sp³-hybridized carbons (Fsp3) is 0.533. The summed E-state index contributed by atoms with van der Waals surface area (Å²) in [5.41, 5.74) is 0.532. The number of tetrazole rings is 1. The second-order valence-electron chi connectivity index (χ2n) is 5.51. The summed E-state index contributed by atoms with van der Waals surface area (Å²) in [5.74, 6) is 1.05. The maximum absolute atomic E-state index is 12.9. The molecule has 134 valence electrons. The zero-order valence-corrected chi connectivity index (χ0v) is 14.3. The van der Waals surface area contributed by atoms with Crippen LogP contribution in [0.15, 0.2) is 18.3 Å². The van der Waals surface area contributed by atoms with Crippen molar-refractivity contribution in [1.29, 1.82) is 0 Å². The fourth-order valence-corrected chi connectivity index (χ4v) is 2.72. The van der Waals surface area contributed by atoms with Crippen LogP contribution >= 0.6 is 0 Å². The molecule has 1 unspecified atom stereocenters. The van der Waals surface area contributed by atoms with Gasteiger partial charge in [-0.3, -0.25) is 4.79 Å². The Labute approximate surface area is 145 Å². The molecule has 2 aromatic rings. The molecule has 1 aliphatic rings. The molecule has 1 aliphatic heterocycles. The first kappa shape index (κ1) is 17.2. The molecular weight excluding hydrogens is 326 g/mol. The molecule has 1 saturated heterocycles. The van der Waals surface area contributed by atoms with Gasteiger partial charge in [0.05, 0.1) is 31.9 Å². The van der Waals surface area contributed by atoms with Crippen LogP contribution in [0.5, 0.6) is 0 Å². The molecule has 1 atom stereocenters. The van der Waals surface area contributed by atoms with Gasteiger partial charge in [0, 0.05) is 26.9 Å². The van der Waals surface area contributed by atoms with Crippen molar-refractivity contribution in [2.75, 3.05) is 45.8 Å². The number of carbonyl (C=O) groups is 1. The number of amides is 1. The molecule has 10 nitrogen and oxygen atoms in total. The molecule has 0 bridgehead atoms. The lowest BCUT2D eigenvalue weighted by molar-refractivity contribution is -0.0291. The maximum atomic E-state index is 12.9. The van der Waals surface area contributed by atoms with Crippen LogP contribution in [0.4, 0.5) is 5.82 Å². The van der Waals surface area contributed by atoms with Crippen LogP contribution in [0.3, 0.4) is 0 Å². The molecule has 0 aliphatic carbocycles. The number of carbonyl (C=O) groups excluding carboxylic acids is 1. The van der Waals surface area contributed by atoms with E-state index in [1.165, 1.54) is 0 Å². The molecule has 2 aromatic heterocycles. The van der Waals surface area contributed by atoms with Gasteiger partial charge in [0.25, 0.3) is 5.91 Å². The standard InChI is InChI=1S/C15H21N7O3/c1-16-13-11(4-3-5-17-13)15(23)21-6-9-25-12(10-21)14-18-19-20-22(14)7-8-24-2/h3-5,12H,6-10H2,1-2H3,(H,16,17). The van der Waals surface area contributed by atoms with Crippen molar-refractivity contribution in [1.82, 2.24) is 30.1 Å². The maximum Gasteiger partial charge on any atom is 0.257 e. The minimum Gasteiger partial charge on any atom is -0.383 e. The van der Waals surface area contributed by atoms with E-state index in [-0.39, 0.29) is 12.0 Å². The van der Waals surface area contributed by atoms with Crippen molar-refractivity contribution in [3.05, 3.63) is 29.7 Å². The Balaban J connectivity index is 1.75. The van der Waals surface area contributed by atoms with Crippen LogP contribution in [0, 0.1) is 0 Å². The summed E-state index contributed by atoms with van der Waals surface area (Å²) in [5, 5.41) is 14.7. The second-order valence-corrected chi connectivity index (χ2v) is 5.51. The number of hydrogen-bond acceptors (Lipinski definition) is 8. The van der Waals surface area contributed by atoms with E-state index in [1.807, 2.05) is 0 Å². The summed E-state index contributed by atoms with van der Waals surface area (Å²) >= 11 is 0. The molecule has 1 N–H and O–H groups in total. The van der Waals surface area contributed by atoms with E-state index in [4.69, 9.17) is 9.47 Å². The van der Waals surface area contributed by atoms with Crippen molar-refractivity contribution in [2.45, 2.75) is 12.6 Å². The van der Waals surface area contributed by atoms with Gasteiger partial charge in [0.1, 0.15) is 11.9 Å². The average molecular weight is 347 g/mol. The highest BCUT2D eigenvalue weighted by molar-refractivity contribution is 5.98.